The van der Waals surface area contributed by atoms with E-state index in [1.165, 1.54) is 7.11 Å². The van der Waals surface area contributed by atoms with Gasteiger partial charge in [-0.15, -0.1) is 0 Å². The molecule has 16 heavy (non-hydrogen) atoms. The number of rotatable bonds is 6. The van der Waals surface area contributed by atoms with Gasteiger partial charge in [-0.25, -0.2) is 4.79 Å². The Bertz CT molecular complexity index is 264. The van der Waals surface area contributed by atoms with Crippen molar-refractivity contribution in [2.75, 3.05) is 20.3 Å². The third-order valence-corrected chi connectivity index (χ3v) is 3.00. The van der Waals surface area contributed by atoms with E-state index in [0.717, 1.165) is 0 Å². The van der Waals surface area contributed by atoms with Crippen LogP contribution in [0, 0.1) is 5.92 Å². The lowest BCUT2D eigenvalue weighted by Gasteiger charge is -2.16. The fourth-order valence-electron chi connectivity index (χ4n) is 2.14. The number of carbonyl (C=O) groups excluding carboxylic acids is 1. The molecule has 0 aromatic heterocycles. The highest BCUT2D eigenvalue weighted by Crippen LogP contribution is 2.52. The van der Waals surface area contributed by atoms with E-state index < -0.39 is 11.2 Å². The second kappa shape index (κ2) is 4.72. The summed E-state index contributed by atoms with van der Waals surface area (Å²) in [5.41, 5.74) is -1.33. The first-order chi connectivity index (χ1) is 7.42. The number of ether oxygens (including phenoxy) is 3. The zero-order valence-electron chi connectivity index (χ0n) is 10.8. The molecule has 1 rings (SSSR count). The molecule has 94 valence electrons. The molecular weight excluding hydrogens is 208 g/mol. The summed E-state index contributed by atoms with van der Waals surface area (Å²) in [6, 6.07) is 0. The Labute approximate surface area is 97.2 Å². The summed E-state index contributed by atoms with van der Waals surface area (Å²) in [6.07, 6.45) is 0.670. The Morgan fingerprint density at radius 2 is 2.06 bits per heavy atom. The van der Waals surface area contributed by atoms with Crippen molar-refractivity contribution in [3.05, 3.63) is 0 Å². The van der Waals surface area contributed by atoms with Crippen LogP contribution in [-0.2, 0) is 19.0 Å². The van der Waals surface area contributed by atoms with Gasteiger partial charge in [0.25, 0.3) is 0 Å². The first kappa shape index (κ1) is 13.5. The SMILES string of the molecule is CCOCC1(C)OC1(CC(C)C)C(=O)OC. The Hall–Kier alpha value is -0.610. The van der Waals surface area contributed by atoms with Crippen molar-refractivity contribution in [3.63, 3.8) is 0 Å². The Morgan fingerprint density at radius 1 is 1.44 bits per heavy atom. The molecule has 0 spiro atoms. The molecule has 2 unspecified atom stereocenters. The van der Waals surface area contributed by atoms with E-state index in [9.17, 15) is 4.79 Å². The molecule has 4 heteroatoms. The minimum Gasteiger partial charge on any atom is -0.467 e. The quantitative estimate of drug-likeness (QED) is 0.515. The van der Waals surface area contributed by atoms with Crippen LogP contribution in [0.2, 0.25) is 0 Å². The van der Waals surface area contributed by atoms with Gasteiger partial charge in [0, 0.05) is 6.61 Å². The minimum absolute atomic E-state index is 0.289. The highest BCUT2D eigenvalue weighted by molar-refractivity contribution is 5.84. The maximum absolute atomic E-state index is 11.8. The smallest absolute Gasteiger partial charge is 0.341 e. The maximum atomic E-state index is 11.8. The monoisotopic (exact) mass is 230 g/mol. The topological polar surface area (TPSA) is 48.1 Å². The second-order valence-electron chi connectivity index (χ2n) is 4.89. The van der Waals surface area contributed by atoms with Crippen molar-refractivity contribution in [3.8, 4) is 0 Å². The normalized spacial score (nSPS) is 32.9. The van der Waals surface area contributed by atoms with Gasteiger partial charge in [0.2, 0.25) is 0 Å². The molecular formula is C12H22O4. The van der Waals surface area contributed by atoms with Crippen LogP contribution in [0.1, 0.15) is 34.1 Å². The number of methoxy groups -OCH3 is 1. The summed E-state index contributed by atoms with van der Waals surface area (Å²) in [5, 5.41) is 0. The van der Waals surface area contributed by atoms with E-state index in [4.69, 9.17) is 14.2 Å². The second-order valence-corrected chi connectivity index (χ2v) is 4.89. The van der Waals surface area contributed by atoms with E-state index in [2.05, 4.69) is 13.8 Å². The summed E-state index contributed by atoms with van der Waals surface area (Å²) in [7, 11) is 1.40. The first-order valence-corrected chi connectivity index (χ1v) is 5.78. The number of epoxide rings is 1. The fourth-order valence-corrected chi connectivity index (χ4v) is 2.14. The summed E-state index contributed by atoms with van der Waals surface area (Å²) in [5.74, 6) is 0.0888. The number of esters is 1. The zero-order chi connectivity index (χ0) is 12.4. The van der Waals surface area contributed by atoms with Gasteiger partial charge in [0.05, 0.1) is 13.7 Å². The number of hydrogen-bond acceptors (Lipinski definition) is 4. The van der Waals surface area contributed by atoms with Crippen LogP contribution in [0.5, 0.6) is 0 Å². The molecule has 0 bridgehead atoms. The predicted molar refractivity (Wildman–Crippen MR) is 60.2 cm³/mol. The number of carbonyl (C=O) groups is 1. The summed E-state index contributed by atoms with van der Waals surface area (Å²) < 4.78 is 15.9. The van der Waals surface area contributed by atoms with E-state index in [-0.39, 0.29) is 5.97 Å². The van der Waals surface area contributed by atoms with Crippen LogP contribution in [0.25, 0.3) is 0 Å². The maximum Gasteiger partial charge on any atom is 0.341 e. The van der Waals surface area contributed by atoms with Crippen molar-refractivity contribution < 1.29 is 19.0 Å². The Kier molecular flexibility index (Phi) is 3.97. The molecule has 1 aliphatic heterocycles. The first-order valence-electron chi connectivity index (χ1n) is 5.78. The van der Waals surface area contributed by atoms with Crippen molar-refractivity contribution in [2.24, 2.45) is 5.92 Å². The fraction of sp³-hybridized carbons (Fsp3) is 0.917. The lowest BCUT2D eigenvalue weighted by atomic mass is 9.87. The third-order valence-electron chi connectivity index (χ3n) is 3.00. The zero-order valence-corrected chi connectivity index (χ0v) is 10.8. The third kappa shape index (κ3) is 2.23. The number of hydrogen-bond donors (Lipinski definition) is 0. The van der Waals surface area contributed by atoms with Crippen LogP contribution in [0.3, 0.4) is 0 Å². The van der Waals surface area contributed by atoms with Gasteiger partial charge in [-0.05, 0) is 26.2 Å². The highest BCUT2D eigenvalue weighted by atomic mass is 16.7. The van der Waals surface area contributed by atoms with E-state index in [0.29, 0.717) is 25.6 Å². The minimum atomic E-state index is -0.801. The average molecular weight is 230 g/mol. The molecule has 2 atom stereocenters. The molecule has 1 saturated heterocycles. The summed E-state index contributed by atoms with van der Waals surface area (Å²) in [4.78, 5) is 11.8. The predicted octanol–water partition coefficient (Wildman–Crippen LogP) is 1.77. The van der Waals surface area contributed by atoms with Gasteiger partial charge < -0.3 is 14.2 Å². The van der Waals surface area contributed by atoms with Gasteiger partial charge in [0.15, 0.2) is 5.60 Å². The van der Waals surface area contributed by atoms with Crippen LogP contribution >= 0.6 is 0 Å². The van der Waals surface area contributed by atoms with Gasteiger partial charge in [0.1, 0.15) is 5.60 Å². The molecule has 0 aromatic rings. The van der Waals surface area contributed by atoms with Crippen LogP contribution in [0.15, 0.2) is 0 Å². The Morgan fingerprint density at radius 3 is 2.50 bits per heavy atom. The van der Waals surface area contributed by atoms with Gasteiger partial charge >= 0.3 is 5.97 Å². The summed E-state index contributed by atoms with van der Waals surface area (Å²) >= 11 is 0. The summed E-state index contributed by atoms with van der Waals surface area (Å²) in [6.45, 7) is 9.01. The molecule has 1 fully saturated rings. The van der Waals surface area contributed by atoms with E-state index >= 15 is 0 Å². The molecule has 0 amide bonds. The van der Waals surface area contributed by atoms with Crippen molar-refractivity contribution in [2.45, 2.75) is 45.3 Å². The standard InChI is InChI=1S/C12H22O4/c1-6-15-8-11(4)12(16-11,7-9(2)3)10(13)14-5/h9H,6-8H2,1-5H3. The van der Waals surface area contributed by atoms with Crippen LogP contribution in [-0.4, -0.2) is 37.5 Å². The van der Waals surface area contributed by atoms with Crippen molar-refractivity contribution in [1.29, 1.82) is 0 Å². The molecule has 1 heterocycles. The van der Waals surface area contributed by atoms with Crippen molar-refractivity contribution in [1.82, 2.24) is 0 Å². The average Bonchev–Trinajstić information content (AvgIpc) is 2.80. The largest absolute Gasteiger partial charge is 0.467 e. The molecule has 0 N–H and O–H groups in total. The van der Waals surface area contributed by atoms with Gasteiger partial charge in [-0.2, -0.15) is 0 Å². The molecule has 0 aliphatic carbocycles. The van der Waals surface area contributed by atoms with E-state index in [1.807, 2.05) is 13.8 Å². The molecule has 0 aromatic carbocycles. The molecule has 4 nitrogen and oxygen atoms in total. The van der Waals surface area contributed by atoms with Crippen molar-refractivity contribution >= 4 is 5.97 Å². The highest BCUT2D eigenvalue weighted by Gasteiger charge is 2.72. The van der Waals surface area contributed by atoms with Crippen LogP contribution < -0.4 is 0 Å². The molecule has 0 saturated carbocycles. The van der Waals surface area contributed by atoms with Crippen LogP contribution in [0.4, 0.5) is 0 Å². The van der Waals surface area contributed by atoms with Gasteiger partial charge in [-0.1, -0.05) is 13.8 Å². The lowest BCUT2D eigenvalue weighted by molar-refractivity contribution is -0.147. The lowest BCUT2D eigenvalue weighted by Crippen LogP contribution is -2.37. The van der Waals surface area contributed by atoms with Gasteiger partial charge in [-0.3, -0.25) is 0 Å². The van der Waals surface area contributed by atoms with E-state index in [1.54, 1.807) is 0 Å². The molecule has 1 aliphatic rings. The molecule has 0 radical (unpaired) electrons. The Balaban J connectivity index is 2.73.